The summed E-state index contributed by atoms with van der Waals surface area (Å²) < 4.78 is 0. The molecule has 1 aliphatic heterocycles. The van der Waals surface area contributed by atoms with Crippen molar-refractivity contribution in [1.82, 2.24) is 9.97 Å². The van der Waals surface area contributed by atoms with Crippen molar-refractivity contribution in [1.29, 1.82) is 5.26 Å². The zero-order chi connectivity index (χ0) is 14.9. The number of hydrogen-bond acceptors (Lipinski definition) is 4. The Labute approximate surface area is 133 Å². The van der Waals surface area contributed by atoms with E-state index >= 15 is 0 Å². The number of pyridine rings is 2. The highest BCUT2D eigenvalue weighted by Gasteiger charge is 2.17. The minimum absolute atomic E-state index is 0.638. The highest BCUT2D eigenvalue weighted by atomic mass is 32.2. The molecule has 22 heavy (non-hydrogen) atoms. The Balaban J connectivity index is 2.00. The number of rotatable bonds is 1. The van der Waals surface area contributed by atoms with Gasteiger partial charge in [-0.05, 0) is 29.2 Å². The van der Waals surface area contributed by atoms with Crippen LogP contribution in [0.3, 0.4) is 0 Å². The summed E-state index contributed by atoms with van der Waals surface area (Å²) in [5.74, 6) is 2.05. The Morgan fingerprint density at radius 1 is 1.18 bits per heavy atom. The molecule has 4 heteroatoms. The average Bonchev–Trinajstić information content (AvgIpc) is 2.60. The Kier molecular flexibility index (Phi) is 3.28. The maximum atomic E-state index is 9.54. The van der Waals surface area contributed by atoms with Gasteiger partial charge in [0.25, 0.3) is 0 Å². The SMILES string of the molecule is N#Cc1cc2c(nc1-c1cncc3ccccc13)CCSC2. The van der Waals surface area contributed by atoms with Gasteiger partial charge in [0, 0.05) is 34.8 Å². The van der Waals surface area contributed by atoms with Crippen LogP contribution in [0.1, 0.15) is 16.8 Å². The molecule has 3 aromatic rings. The molecule has 1 aromatic carbocycles. The van der Waals surface area contributed by atoms with Crippen molar-refractivity contribution in [3.63, 3.8) is 0 Å². The second-order valence-corrected chi connectivity index (χ2v) is 6.42. The number of thioether (sulfide) groups is 1. The first-order chi connectivity index (χ1) is 10.9. The van der Waals surface area contributed by atoms with E-state index < -0.39 is 0 Å². The van der Waals surface area contributed by atoms with Crippen LogP contribution >= 0.6 is 11.8 Å². The fraction of sp³-hybridized carbons (Fsp3) is 0.167. The third-order valence-corrected chi connectivity index (χ3v) is 4.98. The molecule has 0 fully saturated rings. The Morgan fingerprint density at radius 3 is 3.00 bits per heavy atom. The molecular weight excluding hydrogens is 290 g/mol. The lowest BCUT2D eigenvalue weighted by molar-refractivity contribution is 0.992. The van der Waals surface area contributed by atoms with Gasteiger partial charge in [0.1, 0.15) is 6.07 Å². The molecule has 0 radical (unpaired) electrons. The molecule has 0 bridgehead atoms. The molecule has 106 valence electrons. The molecule has 0 atom stereocenters. The van der Waals surface area contributed by atoms with Crippen LogP contribution in [0.5, 0.6) is 0 Å². The lowest BCUT2D eigenvalue weighted by atomic mass is 9.99. The summed E-state index contributed by atoms with van der Waals surface area (Å²) in [5.41, 5.74) is 4.66. The summed E-state index contributed by atoms with van der Waals surface area (Å²) in [5, 5.41) is 11.7. The van der Waals surface area contributed by atoms with Gasteiger partial charge in [0.2, 0.25) is 0 Å². The number of aromatic nitrogens is 2. The van der Waals surface area contributed by atoms with Crippen molar-refractivity contribution in [2.45, 2.75) is 12.2 Å². The Morgan fingerprint density at radius 2 is 2.09 bits per heavy atom. The topological polar surface area (TPSA) is 49.6 Å². The molecule has 3 heterocycles. The van der Waals surface area contributed by atoms with Gasteiger partial charge in [-0.1, -0.05) is 24.3 Å². The quantitative estimate of drug-likeness (QED) is 0.683. The van der Waals surface area contributed by atoms with E-state index in [4.69, 9.17) is 4.98 Å². The summed E-state index contributed by atoms with van der Waals surface area (Å²) >= 11 is 1.90. The zero-order valence-electron chi connectivity index (χ0n) is 11.9. The molecule has 0 spiro atoms. The van der Waals surface area contributed by atoms with E-state index in [1.54, 1.807) is 0 Å². The van der Waals surface area contributed by atoms with E-state index in [9.17, 15) is 5.26 Å². The number of fused-ring (bicyclic) bond motifs is 2. The predicted molar refractivity (Wildman–Crippen MR) is 89.6 cm³/mol. The molecule has 0 aliphatic carbocycles. The number of benzene rings is 1. The molecule has 4 rings (SSSR count). The molecule has 0 amide bonds. The van der Waals surface area contributed by atoms with Crippen LogP contribution in [0.15, 0.2) is 42.7 Å². The first-order valence-corrected chi connectivity index (χ1v) is 8.36. The third kappa shape index (κ3) is 2.15. The second-order valence-electron chi connectivity index (χ2n) is 5.31. The van der Waals surface area contributed by atoms with Crippen molar-refractivity contribution in [3.05, 3.63) is 59.5 Å². The van der Waals surface area contributed by atoms with E-state index in [2.05, 4.69) is 17.1 Å². The smallest absolute Gasteiger partial charge is 0.101 e. The van der Waals surface area contributed by atoms with Gasteiger partial charge in [-0.15, -0.1) is 0 Å². The fourth-order valence-corrected chi connectivity index (χ4v) is 3.83. The van der Waals surface area contributed by atoms with E-state index in [-0.39, 0.29) is 0 Å². The molecular formula is C18H13N3S. The lowest BCUT2D eigenvalue weighted by Crippen LogP contribution is -2.07. The number of aryl methyl sites for hydroxylation is 1. The maximum absolute atomic E-state index is 9.54. The van der Waals surface area contributed by atoms with Gasteiger partial charge in [-0.2, -0.15) is 17.0 Å². The van der Waals surface area contributed by atoms with Gasteiger partial charge in [-0.25, -0.2) is 0 Å². The third-order valence-electron chi connectivity index (χ3n) is 3.98. The first kappa shape index (κ1) is 13.3. The van der Waals surface area contributed by atoms with Crippen molar-refractivity contribution in [3.8, 4) is 17.3 Å². The van der Waals surface area contributed by atoms with E-state index in [0.29, 0.717) is 5.56 Å². The van der Waals surface area contributed by atoms with E-state index in [0.717, 1.165) is 45.7 Å². The van der Waals surface area contributed by atoms with Gasteiger partial charge in [0.05, 0.1) is 11.3 Å². The monoisotopic (exact) mass is 303 g/mol. The molecule has 0 saturated carbocycles. The van der Waals surface area contributed by atoms with Crippen molar-refractivity contribution in [2.75, 3.05) is 5.75 Å². The van der Waals surface area contributed by atoms with Crippen LogP contribution in [-0.4, -0.2) is 15.7 Å². The molecule has 0 unspecified atom stereocenters. The minimum atomic E-state index is 0.638. The number of nitriles is 1. The standard InChI is InChI=1S/C18H13N3S/c19-8-13-7-14-11-22-6-5-17(14)21-18(13)16-10-20-9-12-3-1-2-4-15(12)16/h1-4,7,9-10H,5-6,11H2. The Hall–Kier alpha value is -2.38. The highest BCUT2D eigenvalue weighted by Crippen LogP contribution is 2.32. The fourth-order valence-electron chi connectivity index (χ4n) is 2.88. The number of hydrogen-bond donors (Lipinski definition) is 0. The summed E-state index contributed by atoms with van der Waals surface area (Å²) in [6, 6.07) is 12.4. The van der Waals surface area contributed by atoms with E-state index in [1.165, 1.54) is 5.56 Å². The van der Waals surface area contributed by atoms with Crippen molar-refractivity contribution < 1.29 is 0 Å². The lowest BCUT2D eigenvalue weighted by Gasteiger charge is -2.17. The Bertz CT molecular complexity index is 907. The van der Waals surface area contributed by atoms with Crippen LogP contribution in [0.2, 0.25) is 0 Å². The van der Waals surface area contributed by atoms with Gasteiger partial charge >= 0.3 is 0 Å². The van der Waals surface area contributed by atoms with Crippen LogP contribution in [0.4, 0.5) is 0 Å². The summed E-state index contributed by atoms with van der Waals surface area (Å²) in [6.07, 6.45) is 4.63. The molecule has 3 nitrogen and oxygen atoms in total. The molecule has 0 N–H and O–H groups in total. The number of nitrogens with zero attached hydrogens (tertiary/aromatic N) is 3. The minimum Gasteiger partial charge on any atom is -0.263 e. The maximum Gasteiger partial charge on any atom is 0.101 e. The van der Waals surface area contributed by atoms with Crippen molar-refractivity contribution in [2.24, 2.45) is 0 Å². The first-order valence-electron chi connectivity index (χ1n) is 7.20. The molecule has 1 aliphatic rings. The summed E-state index contributed by atoms with van der Waals surface area (Å²) in [7, 11) is 0. The normalized spacial score (nSPS) is 13.6. The molecule has 2 aromatic heterocycles. The second kappa shape index (κ2) is 5.43. The average molecular weight is 303 g/mol. The van der Waals surface area contributed by atoms with Gasteiger partial charge < -0.3 is 0 Å². The van der Waals surface area contributed by atoms with Gasteiger partial charge in [-0.3, -0.25) is 9.97 Å². The van der Waals surface area contributed by atoms with Crippen LogP contribution in [0, 0.1) is 11.3 Å². The van der Waals surface area contributed by atoms with Crippen LogP contribution in [0.25, 0.3) is 22.0 Å². The van der Waals surface area contributed by atoms with Crippen LogP contribution in [-0.2, 0) is 12.2 Å². The predicted octanol–water partition coefficient (Wildman–Crippen LogP) is 3.96. The summed E-state index contributed by atoms with van der Waals surface area (Å²) in [6.45, 7) is 0. The van der Waals surface area contributed by atoms with Gasteiger partial charge in [0.15, 0.2) is 0 Å². The van der Waals surface area contributed by atoms with Crippen LogP contribution < -0.4 is 0 Å². The van der Waals surface area contributed by atoms with Crippen molar-refractivity contribution >= 4 is 22.5 Å². The molecule has 0 saturated heterocycles. The highest BCUT2D eigenvalue weighted by molar-refractivity contribution is 7.98. The summed E-state index contributed by atoms with van der Waals surface area (Å²) in [4.78, 5) is 9.15. The van der Waals surface area contributed by atoms with E-state index in [1.807, 2.05) is 48.4 Å². The largest absolute Gasteiger partial charge is 0.263 e. The zero-order valence-corrected chi connectivity index (χ0v) is 12.7.